The highest BCUT2D eigenvalue weighted by molar-refractivity contribution is 14.0. The molecule has 0 aliphatic rings. The molecule has 1 aromatic carbocycles. The number of guanidine groups is 1. The number of benzene rings is 1. The third-order valence-corrected chi connectivity index (χ3v) is 3.63. The van der Waals surface area contributed by atoms with Gasteiger partial charge in [-0.3, -0.25) is 0 Å². The lowest BCUT2D eigenvalue weighted by molar-refractivity contribution is 0.172. The van der Waals surface area contributed by atoms with Crippen LogP contribution >= 0.6 is 24.0 Å². The molecule has 8 heteroatoms. The van der Waals surface area contributed by atoms with E-state index in [1.807, 2.05) is 43.3 Å². The molecular weight excluding hydrogens is 471 g/mol. The summed E-state index contributed by atoms with van der Waals surface area (Å²) in [5.74, 6) is 2.09. The molecule has 2 rings (SSSR count). The van der Waals surface area contributed by atoms with Crippen LogP contribution in [0.25, 0.3) is 0 Å². The van der Waals surface area contributed by atoms with Crippen LogP contribution in [-0.2, 0) is 11.3 Å². The first-order valence-corrected chi connectivity index (χ1v) is 9.01. The lowest BCUT2D eigenvalue weighted by atomic mass is 10.3. The minimum absolute atomic E-state index is 0. The summed E-state index contributed by atoms with van der Waals surface area (Å²) in [5.41, 5.74) is 1.93. The van der Waals surface area contributed by atoms with Crippen LogP contribution in [0.3, 0.4) is 0 Å². The van der Waals surface area contributed by atoms with E-state index in [0.29, 0.717) is 31.6 Å². The summed E-state index contributed by atoms with van der Waals surface area (Å²) >= 11 is 0. The van der Waals surface area contributed by atoms with Gasteiger partial charge in [-0.15, -0.1) is 24.0 Å². The number of hydrogen-bond donors (Lipinski definition) is 2. The third-order valence-electron chi connectivity index (χ3n) is 3.63. The number of anilines is 1. The molecule has 0 bridgehead atoms. The SMILES string of the molecule is CCNC(=NCc1ccnc(OC)c1)Nc1cccc(OCCCOC)c1.I. The maximum atomic E-state index is 5.74. The van der Waals surface area contributed by atoms with Crippen LogP contribution in [0.5, 0.6) is 11.6 Å². The van der Waals surface area contributed by atoms with Crippen LogP contribution in [0.1, 0.15) is 18.9 Å². The molecule has 0 radical (unpaired) electrons. The average Bonchev–Trinajstić information content (AvgIpc) is 2.70. The smallest absolute Gasteiger partial charge is 0.213 e. The normalized spacial score (nSPS) is 10.8. The summed E-state index contributed by atoms with van der Waals surface area (Å²) in [6.45, 7) is 4.62. The highest BCUT2D eigenvalue weighted by atomic mass is 127. The van der Waals surface area contributed by atoms with Gasteiger partial charge in [-0.1, -0.05) is 6.07 Å². The zero-order chi connectivity index (χ0) is 19.3. The zero-order valence-corrected chi connectivity index (χ0v) is 18.9. The number of halogens is 1. The Bertz CT molecular complexity index is 728. The van der Waals surface area contributed by atoms with Gasteiger partial charge < -0.3 is 24.8 Å². The highest BCUT2D eigenvalue weighted by Crippen LogP contribution is 2.17. The van der Waals surface area contributed by atoms with Gasteiger partial charge in [0, 0.05) is 50.7 Å². The summed E-state index contributed by atoms with van der Waals surface area (Å²) in [5, 5.41) is 6.55. The first kappa shape index (κ1) is 24.0. The predicted molar refractivity (Wildman–Crippen MR) is 123 cm³/mol. The van der Waals surface area contributed by atoms with Gasteiger partial charge in [0.25, 0.3) is 0 Å². The molecule has 28 heavy (non-hydrogen) atoms. The number of hydrogen-bond acceptors (Lipinski definition) is 5. The van der Waals surface area contributed by atoms with Crippen molar-refractivity contribution < 1.29 is 14.2 Å². The summed E-state index contributed by atoms with van der Waals surface area (Å²) < 4.78 is 15.9. The largest absolute Gasteiger partial charge is 0.493 e. The lowest BCUT2D eigenvalue weighted by Gasteiger charge is -2.13. The number of nitrogens with zero attached hydrogens (tertiary/aromatic N) is 2. The first-order chi connectivity index (χ1) is 13.2. The van der Waals surface area contributed by atoms with Crippen molar-refractivity contribution in [1.82, 2.24) is 10.3 Å². The fourth-order valence-electron chi connectivity index (χ4n) is 2.33. The second kappa shape index (κ2) is 14.0. The maximum absolute atomic E-state index is 5.74. The van der Waals surface area contributed by atoms with Gasteiger partial charge in [-0.2, -0.15) is 0 Å². The standard InChI is InChI=1S/C20H28N4O3.HI/c1-4-21-20(23-15-16-9-10-22-19(13-16)26-3)24-17-7-5-8-18(14-17)27-12-6-11-25-2;/h5,7-10,13-14H,4,6,11-12,15H2,1-3H3,(H2,21,23,24);1H. The quantitative estimate of drug-likeness (QED) is 0.224. The van der Waals surface area contributed by atoms with Crippen LogP contribution < -0.4 is 20.1 Å². The van der Waals surface area contributed by atoms with Gasteiger partial charge in [0.1, 0.15) is 5.75 Å². The number of nitrogens with one attached hydrogen (secondary N) is 2. The molecule has 2 aromatic rings. The van der Waals surface area contributed by atoms with Crippen LogP contribution in [0.2, 0.25) is 0 Å². The Kier molecular flexibility index (Phi) is 12.0. The molecule has 1 aromatic heterocycles. The Morgan fingerprint density at radius 2 is 2.00 bits per heavy atom. The monoisotopic (exact) mass is 500 g/mol. The van der Waals surface area contributed by atoms with Crippen LogP contribution in [0.15, 0.2) is 47.6 Å². The third kappa shape index (κ3) is 8.75. The van der Waals surface area contributed by atoms with E-state index in [-0.39, 0.29) is 24.0 Å². The van der Waals surface area contributed by atoms with Crippen LogP contribution in [-0.4, -0.2) is 44.9 Å². The van der Waals surface area contributed by atoms with Gasteiger partial charge in [-0.05, 0) is 30.7 Å². The molecule has 7 nitrogen and oxygen atoms in total. The molecule has 0 saturated carbocycles. The van der Waals surface area contributed by atoms with Crippen molar-refractivity contribution in [2.45, 2.75) is 19.9 Å². The summed E-state index contributed by atoms with van der Waals surface area (Å²) in [6.07, 6.45) is 2.57. The molecule has 2 N–H and O–H groups in total. The minimum Gasteiger partial charge on any atom is -0.493 e. The summed E-state index contributed by atoms with van der Waals surface area (Å²) in [6, 6.07) is 11.6. The molecule has 0 amide bonds. The van der Waals surface area contributed by atoms with Crippen molar-refractivity contribution >= 4 is 35.6 Å². The van der Waals surface area contributed by atoms with Crippen molar-refractivity contribution in [3.8, 4) is 11.6 Å². The second-order valence-corrected chi connectivity index (χ2v) is 5.75. The van der Waals surface area contributed by atoms with Gasteiger partial charge in [-0.25, -0.2) is 9.98 Å². The topological polar surface area (TPSA) is 77.0 Å². The molecule has 0 aliphatic carbocycles. The highest BCUT2D eigenvalue weighted by Gasteiger charge is 2.02. The Morgan fingerprint density at radius 3 is 2.75 bits per heavy atom. The van der Waals surface area contributed by atoms with E-state index >= 15 is 0 Å². The Labute approximate surface area is 183 Å². The minimum atomic E-state index is 0. The molecule has 0 fully saturated rings. The molecule has 0 atom stereocenters. The van der Waals surface area contributed by atoms with E-state index in [1.54, 1.807) is 20.4 Å². The van der Waals surface area contributed by atoms with Crippen molar-refractivity contribution in [2.75, 3.05) is 39.3 Å². The molecular formula is C20H29IN4O3. The van der Waals surface area contributed by atoms with Crippen molar-refractivity contribution in [2.24, 2.45) is 4.99 Å². The average molecular weight is 500 g/mol. The molecule has 0 aliphatic heterocycles. The van der Waals surface area contributed by atoms with Gasteiger partial charge >= 0.3 is 0 Å². The van der Waals surface area contributed by atoms with E-state index in [9.17, 15) is 0 Å². The lowest BCUT2D eigenvalue weighted by Crippen LogP contribution is -2.30. The number of rotatable bonds is 10. The maximum Gasteiger partial charge on any atom is 0.213 e. The Morgan fingerprint density at radius 1 is 1.14 bits per heavy atom. The van der Waals surface area contributed by atoms with Gasteiger partial charge in [0.05, 0.1) is 20.3 Å². The van der Waals surface area contributed by atoms with E-state index in [1.165, 1.54) is 0 Å². The van der Waals surface area contributed by atoms with E-state index in [0.717, 1.165) is 30.0 Å². The van der Waals surface area contributed by atoms with Crippen LogP contribution in [0.4, 0.5) is 5.69 Å². The van der Waals surface area contributed by atoms with E-state index < -0.39 is 0 Å². The molecule has 154 valence electrons. The second-order valence-electron chi connectivity index (χ2n) is 5.75. The Hall–Kier alpha value is -2.07. The fourth-order valence-corrected chi connectivity index (χ4v) is 2.33. The number of aliphatic imine (C=N–C) groups is 1. The van der Waals surface area contributed by atoms with Crippen molar-refractivity contribution in [3.63, 3.8) is 0 Å². The first-order valence-electron chi connectivity index (χ1n) is 9.01. The molecule has 0 saturated heterocycles. The van der Waals surface area contributed by atoms with Crippen LogP contribution in [0, 0.1) is 0 Å². The van der Waals surface area contributed by atoms with Crippen molar-refractivity contribution in [1.29, 1.82) is 0 Å². The fraction of sp³-hybridized carbons (Fsp3) is 0.400. The van der Waals surface area contributed by atoms with E-state index in [2.05, 4.69) is 20.6 Å². The zero-order valence-electron chi connectivity index (χ0n) is 16.6. The number of methoxy groups -OCH3 is 2. The summed E-state index contributed by atoms with van der Waals surface area (Å²) in [7, 11) is 3.29. The van der Waals surface area contributed by atoms with E-state index in [4.69, 9.17) is 14.2 Å². The number of pyridine rings is 1. The number of aromatic nitrogens is 1. The predicted octanol–water partition coefficient (Wildman–Crippen LogP) is 3.70. The summed E-state index contributed by atoms with van der Waals surface area (Å²) in [4.78, 5) is 8.74. The number of ether oxygens (including phenoxy) is 3. The molecule has 0 spiro atoms. The molecule has 0 unspecified atom stereocenters. The van der Waals surface area contributed by atoms with Crippen molar-refractivity contribution in [3.05, 3.63) is 48.2 Å². The Balaban J connectivity index is 0.00000392. The van der Waals surface area contributed by atoms with Gasteiger partial charge in [0.2, 0.25) is 5.88 Å². The molecule has 1 heterocycles. The van der Waals surface area contributed by atoms with Gasteiger partial charge in [0.15, 0.2) is 5.96 Å².